The maximum Gasteiger partial charge on any atom is 0.312 e. The lowest BCUT2D eigenvalue weighted by Gasteiger charge is -2.43. The second-order valence-corrected chi connectivity index (χ2v) is 7.47. The third kappa shape index (κ3) is 3.14. The predicted molar refractivity (Wildman–Crippen MR) is 74.7 cm³/mol. The van der Waals surface area contributed by atoms with E-state index in [9.17, 15) is 4.79 Å². The molecule has 2 unspecified atom stereocenters. The Kier molecular flexibility index (Phi) is 5.01. The van der Waals surface area contributed by atoms with Crippen molar-refractivity contribution in [1.29, 1.82) is 0 Å². The van der Waals surface area contributed by atoms with Crippen molar-refractivity contribution in [3.8, 4) is 0 Å². The predicted octanol–water partition coefficient (Wildman–Crippen LogP) is -0.298. The first-order chi connectivity index (χ1) is 9.07. The van der Waals surface area contributed by atoms with Gasteiger partial charge in [-0.25, -0.2) is 0 Å². The van der Waals surface area contributed by atoms with Crippen molar-refractivity contribution in [2.45, 2.75) is 44.9 Å². The molecule has 0 aliphatic heterocycles. The van der Waals surface area contributed by atoms with Gasteiger partial charge in [0.2, 0.25) is 0 Å². The minimum atomic E-state index is -0.106. The molecule has 0 aromatic rings. The highest BCUT2D eigenvalue weighted by Gasteiger charge is 2.52. The van der Waals surface area contributed by atoms with Gasteiger partial charge in [-0.3, -0.25) is 4.79 Å². The van der Waals surface area contributed by atoms with Gasteiger partial charge in [-0.15, -0.1) is 0 Å². The number of fused-ring (bicyclic) bond motifs is 1. The first-order valence-corrected chi connectivity index (χ1v) is 7.89. The second-order valence-electron chi connectivity index (χ2n) is 7.47. The molecule has 0 radical (unpaired) electrons. The molecule has 0 spiro atoms. The highest BCUT2D eigenvalue weighted by atomic mass is 35.5. The van der Waals surface area contributed by atoms with E-state index in [1.807, 2.05) is 14.1 Å². The topological polar surface area (TPSA) is 29.5 Å². The zero-order valence-corrected chi connectivity index (χ0v) is 13.5. The molecule has 0 aromatic carbocycles. The minimum Gasteiger partial charge on any atom is -1.00 e. The Bertz CT molecular complexity index is 344. The third-order valence-electron chi connectivity index (χ3n) is 5.59. The molecule has 4 rings (SSSR count). The van der Waals surface area contributed by atoms with Crippen molar-refractivity contribution in [2.75, 3.05) is 27.2 Å². The van der Waals surface area contributed by atoms with Gasteiger partial charge < -0.3 is 22.0 Å². The number of hydrogen-bond donors (Lipinski definition) is 0. The number of halogens is 1. The quantitative estimate of drug-likeness (QED) is 0.668. The van der Waals surface area contributed by atoms with E-state index in [1.165, 1.54) is 25.7 Å². The smallest absolute Gasteiger partial charge is 0.312 e. The van der Waals surface area contributed by atoms with Crippen molar-refractivity contribution in [3.63, 3.8) is 0 Å². The maximum atomic E-state index is 12.6. The molecular weight excluding hydrogens is 274 g/mol. The standard InChI is InChI=1S/C16H27NO2.ClH/c1-17(2)5-6-19-15(18)16-4-3-12-7-13(10-16)9-14(8-12)11-16;/h12-14H,3-11H2,1-2H3;1H/p-1. The molecule has 4 aliphatic rings. The number of esters is 1. The zero-order chi connectivity index (χ0) is 13.5. The van der Waals surface area contributed by atoms with Crippen LogP contribution in [-0.4, -0.2) is 38.1 Å². The van der Waals surface area contributed by atoms with Crippen molar-refractivity contribution in [2.24, 2.45) is 23.2 Å². The summed E-state index contributed by atoms with van der Waals surface area (Å²) in [6.07, 6.45) is 8.71. The number of nitrogens with zero attached hydrogens (tertiary/aromatic N) is 1. The van der Waals surface area contributed by atoms with Crippen LogP contribution < -0.4 is 12.4 Å². The highest BCUT2D eigenvalue weighted by molar-refractivity contribution is 5.77. The van der Waals surface area contributed by atoms with Crippen LogP contribution in [0.5, 0.6) is 0 Å². The Morgan fingerprint density at radius 3 is 2.35 bits per heavy atom. The summed E-state index contributed by atoms with van der Waals surface area (Å²) in [7, 11) is 4.03. The average Bonchev–Trinajstić information content (AvgIpc) is 2.54. The maximum absolute atomic E-state index is 12.6. The zero-order valence-electron chi connectivity index (χ0n) is 12.7. The fourth-order valence-electron chi connectivity index (χ4n) is 4.89. The molecule has 4 saturated carbocycles. The van der Waals surface area contributed by atoms with Crippen molar-refractivity contribution >= 4 is 5.97 Å². The fourth-order valence-corrected chi connectivity index (χ4v) is 4.89. The third-order valence-corrected chi connectivity index (χ3v) is 5.59. The number of hydrogen-bond acceptors (Lipinski definition) is 3. The van der Waals surface area contributed by atoms with Gasteiger partial charge in [0.25, 0.3) is 0 Å². The molecule has 4 heteroatoms. The van der Waals surface area contributed by atoms with Crippen LogP contribution in [-0.2, 0) is 9.53 Å². The van der Waals surface area contributed by atoms with Gasteiger partial charge in [-0.2, -0.15) is 0 Å². The summed E-state index contributed by atoms with van der Waals surface area (Å²) in [6, 6.07) is 0. The van der Waals surface area contributed by atoms with Crippen LogP contribution >= 0.6 is 0 Å². The summed E-state index contributed by atoms with van der Waals surface area (Å²) < 4.78 is 5.61. The Labute approximate surface area is 128 Å². The van der Waals surface area contributed by atoms with E-state index in [1.54, 1.807) is 0 Å². The molecule has 0 saturated heterocycles. The van der Waals surface area contributed by atoms with Crippen LogP contribution in [0.4, 0.5) is 0 Å². The Morgan fingerprint density at radius 1 is 1.15 bits per heavy atom. The number of likely N-dealkylation sites (N-methyl/N-ethyl adjacent to an activating group) is 1. The fraction of sp³-hybridized carbons (Fsp3) is 0.938. The Hall–Kier alpha value is -0.280. The van der Waals surface area contributed by atoms with E-state index in [0.717, 1.165) is 43.6 Å². The number of ether oxygens (including phenoxy) is 1. The van der Waals surface area contributed by atoms with E-state index < -0.39 is 0 Å². The van der Waals surface area contributed by atoms with Crippen molar-refractivity contribution in [1.82, 2.24) is 4.90 Å². The Balaban J connectivity index is 0.00000147. The molecule has 4 bridgehead atoms. The summed E-state index contributed by atoms with van der Waals surface area (Å²) in [6.45, 7) is 1.38. The first-order valence-electron chi connectivity index (χ1n) is 7.89. The van der Waals surface area contributed by atoms with Gasteiger partial charge in [0.15, 0.2) is 0 Å². The summed E-state index contributed by atoms with van der Waals surface area (Å²) in [5.41, 5.74) is -0.106. The minimum absolute atomic E-state index is 0. The molecule has 3 nitrogen and oxygen atoms in total. The lowest BCUT2D eigenvalue weighted by Crippen LogP contribution is -3.00. The van der Waals surface area contributed by atoms with Crippen molar-refractivity contribution < 1.29 is 21.9 Å². The van der Waals surface area contributed by atoms with Crippen LogP contribution in [0.3, 0.4) is 0 Å². The normalized spacial score (nSPS) is 38.5. The van der Waals surface area contributed by atoms with Gasteiger partial charge in [-0.05, 0) is 76.8 Å². The molecule has 4 aliphatic carbocycles. The first kappa shape index (κ1) is 16.1. The summed E-state index contributed by atoms with van der Waals surface area (Å²) >= 11 is 0. The van der Waals surface area contributed by atoms with E-state index in [4.69, 9.17) is 4.74 Å². The number of carbonyl (C=O) groups excluding carboxylic acids is 1. The van der Waals surface area contributed by atoms with Gasteiger partial charge >= 0.3 is 5.97 Å². The van der Waals surface area contributed by atoms with Gasteiger partial charge in [0.05, 0.1) is 5.41 Å². The van der Waals surface area contributed by atoms with E-state index in [0.29, 0.717) is 6.61 Å². The van der Waals surface area contributed by atoms with Crippen molar-refractivity contribution in [3.05, 3.63) is 0 Å². The lowest BCUT2D eigenvalue weighted by molar-refractivity contribution is -0.161. The van der Waals surface area contributed by atoms with Gasteiger partial charge in [-0.1, -0.05) is 0 Å². The number of carbonyl (C=O) groups is 1. The van der Waals surface area contributed by atoms with Gasteiger partial charge in [0, 0.05) is 6.54 Å². The number of rotatable bonds is 4. The molecule has 4 fully saturated rings. The molecule has 0 amide bonds. The molecule has 0 aromatic heterocycles. The highest BCUT2D eigenvalue weighted by Crippen LogP contribution is 2.57. The van der Waals surface area contributed by atoms with Crippen LogP contribution in [0.25, 0.3) is 0 Å². The van der Waals surface area contributed by atoms with E-state index >= 15 is 0 Å². The molecule has 20 heavy (non-hydrogen) atoms. The molecular formula is C16H27ClNO2-. The second kappa shape index (κ2) is 6.23. The SMILES string of the molecule is CN(C)CCOC(=O)C12CCC3CC(CC(C3)C1)C2.[Cl-]. The van der Waals surface area contributed by atoms with Crippen LogP contribution in [0.1, 0.15) is 44.9 Å². The average molecular weight is 301 g/mol. The largest absolute Gasteiger partial charge is 1.00 e. The summed E-state index contributed by atoms with van der Waals surface area (Å²) in [5, 5.41) is 0. The van der Waals surface area contributed by atoms with Gasteiger partial charge in [0.1, 0.15) is 6.61 Å². The summed E-state index contributed by atoms with van der Waals surface area (Å²) in [5.74, 6) is 2.64. The van der Waals surface area contributed by atoms with Crippen LogP contribution in [0.2, 0.25) is 0 Å². The molecule has 0 heterocycles. The van der Waals surface area contributed by atoms with E-state index in [2.05, 4.69) is 4.90 Å². The van der Waals surface area contributed by atoms with Crippen LogP contribution in [0.15, 0.2) is 0 Å². The lowest BCUT2D eigenvalue weighted by atomic mass is 9.61. The van der Waals surface area contributed by atoms with E-state index in [-0.39, 0.29) is 23.8 Å². The van der Waals surface area contributed by atoms with Crippen LogP contribution in [0, 0.1) is 23.2 Å². The Morgan fingerprint density at radius 2 is 1.75 bits per heavy atom. The monoisotopic (exact) mass is 300 g/mol. The summed E-state index contributed by atoms with van der Waals surface area (Å²) in [4.78, 5) is 14.7. The molecule has 2 atom stereocenters. The molecule has 0 N–H and O–H groups in total. The molecule has 116 valence electrons.